The first-order valence-electron chi connectivity index (χ1n) is 16.8. The van der Waals surface area contributed by atoms with Gasteiger partial charge in [-0.15, -0.1) is 0 Å². The van der Waals surface area contributed by atoms with Crippen molar-refractivity contribution >= 4 is 41.2 Å². The van der Waals surface area contributed by atoms with Crippen molar-refractivity contribution in [2.24, 2.45) is 11.8 Å². The highest BCUT2D eigenvalue weighted by molar-refractivity contribution is 8.00. The van der Waals surface area contributed by atoms with Gasteiger partial charge in [-0.2, -0.15) is 38.1 Å². The number of nitrogens with zero attached hydrogens (tertiary/aromatic N) is 1. The first-order chi connectivity index (χ1) is 24.3. The summed E-state index contributed by atoms with van der Waals surface area (Å²) < 4.78 is 86.6. The maximum Gasteiger partial charge on any atom is 0.416 e. The molecule has 0 saturated carbocycles. The van der Waals surface area contributed by atoms with Crippen LogP contribution in [0.5, 0.6) is 0 Å². The Morgan fingerprint density at radius 2 is 1.73 bits per heavy atom. The molecule has 0 bridgehead atoms. The summed E-state index contributed by atoms with van der Waals surface area (Å²) in [6.45, 7) is 1.58. The molecule has 1 N–H and O–H groups in total. The molecule has 0 aromatic heterocycles. The first-order valence-corrected chi connectivity index (χ1v) is 17.9. The average Bonchev–Trinajstić information content (AvgIpc) is 3.43. The topological polar surface area (TPSA) is 41.6 Å². The number of carbonyl (C=O) groups is 1. The number of hydrogen-bond acceptors (Lipinski definition) is 4. The maximum atomic E-state index is 13.6. The fourth-order valence-electron chi connectivity index (χ4n) is 7.84. The van der Waals surface area contributed by atoms with Crippen molar-refractivity contribution in [3.8, 4) is 0 Å². The minimum absolute atomic E-state index is 0.0355. The van der Waals surface area contributed by atoms with Gasteiger partial charge in [0.1, 0.15) is 0 Å². The number of nitrogens with one attached hydrogen (secondary N) is 1. The summed E-state index contributed by atoms with van der Waals surface area (Å²) in [4.78, 5) is 14.2. The Morgan fingerprint density at radius 3 is 2.45 bits per heavy atom. The Kier molecular flexibility index (Phi) is 9.37. The van der Waals surface area contributed by atoms with Gasteiger partial charge in [-0.3, -0.25) is 4.90 Å². The highest BCUT2D eigenvalue weighted by Gasteiger charge is 2.39. The summed E-state index contributed by atoms with van der Waals surface area (Å²) in [5, 5.41) is 6.15. The lowest BCUT2D eigenvalue weighted by Gasteiger charge is -2.35. The Morgan fingerprint density at radius 1 is 0.980 bits per heavy atom. The molecule has 4 atom stereocenters. The van der Waals surface area contributed by atoms with Gasteiger partial charge in [0.25, 0.3) is 0 Å². The van der Waals surface area contributed by atoms with E-state index in [-0.39, 0.29) is 17.5 Å². The number of thioether (sulfide) groups is 1. The van der Waals surface area contributed by atoms with Crippen LogP contribution in [0.15, 0.2) is 90.3 Å². The molecule has 0 radical (unpaired) electrons. The zero-order valence-corrected chi connectivity index (χ0v) is 28.8. The number of halogens is 6. The third-order valence-corrected chi connectivity index (χ3v) is 11.6. The molecule has 3 aliphatic carbocycles. The number of amides is 1. The number of carbonyl (C=O) groups excluding carboxylic acids is 1. The summed E-state index contributed by atoms with van der Waals surface area (Å²) >= 11 is 1.99. The van der Waals surface area contributed by atoms with Gasteiger partial charge in [0.15, 0.2) is 0 Å². The van der Waals surface area contributed by atoms with E-state index in [1.165, 1.54) is 27.0 Å². The van der Waals surface area contributed by atoms with Crippen molar-refractivity contribution in [3.05, 3.63) is 129 Å². The first kappa shape index (κ1) is 35.0. The fourth-order valence-corrected chi connectivity index (χ4v) is 9.40. The number of alkyl halides is 6. The van der Waals surface area contributed by atoms with Crippen LogP contribution in [-0.2, 0) is 23.6 Å². The zero-order chi connectivity index (χ0) is 36.1. The van der Waals surface area contributed by atoms with Crippen LogP contribution in [0, 0.1) is 11.8 Å². The van der Waals surface area contributed by atoms with E-state index in [1.807, 2.05) is 36.2 Å². The third-order valence-electron chi connectivity index (χ3n) is 10.2. The molecule has 4 nitrogen and oxygen atoms in total. The van der Waals surface area contributed by atoms with Crippen molar-refractivity contribution in [3.63, 3.8) is 0 Å². The van der Waals surface area contributed by atoms with E-state index in [2.05, 4.69) is 54.8 Å². The highest BCUT2D eigenvalue weighted by atomic mass is 32.2. The predicted octanol–water partition coefficient (Wildman–Crippen LogP) is 8.75. The second-order valence-corrected chi connectivity index (χ2v) is 14.6. The van der Waals surface area contributed by atoms with Gasteiger partial charge in [-0.1, -0.05) is 67.2 Å². The van der Waals surface area contributed by atoms with E-state index in [4.69, 9.17) is 4.74 Å². The molecule has 2 aliphatic heterocycles. The molecule has 51 heavy (non-hydrogen) atoms. The Balaban J connectivity index is 1.19. The molecule has 1 amide bonds. The number of ether oxygens (including phenoxy) is 1. The fraction of sp³-hybridized carbons (Fsp3) is 0.325. The lowest BCUT2D eigenvalue weighted by atomic mass is 9.77. The predicted molar refractivity (Wildman–Crippen MR) is 189 cm³/mol. The minimum atomic E-state index is -5.00. The number of hydrogen-bond donors (Lipinski definition) is 1. The van der Waals surface area contributed by atoms with E-state index in [9.17, 15) is 31.1 Å². The van der Waals surface area contributed by atoms with Gasteiger partial charge in [0.2, 0.25) is 0 Å². The Labute approximate surface area is 296 Å². The molecule has 11 heteroatoms. The molecule has 0 spiro atoms. The van der Waals surface area contributed by atoms with Crippen LogP contribution >= 0.6 is 11.8 Å². The molecule has 4 unspecified atom stereocenters. The Hall–Kier alpha value is -4.38. The van der Waals surface area contributed by atoms with Gasteiger partial charge in [-0.25, -0.2) is 4.79 Å². The van der Waals surface area contributed by atoms with Crippen molar-refractivity contribution in [2.45, 2.75) is 56.4 Å². The quantitative estimate of drug-likeness (QED) is 0.314. The van der Waals surface area contributed by atoms with E-state index >= 15 is 0 Å². The zero-order valence-electron chi connectivity index (χ0n) is 27.9. The molecule has 1 saturated heterocycles. The highest BCUT2D eigenvalue weighted by Crippen LogP contribution is 2.45. The summed E-state index contributed by atoms with van der Waals surface area (Å²) in [6.07, 6.45) is 12.2. The van der Waals surface area contributed by atoms with Crippen molar-refractivity contribution in [1.29, 1.82) is 0 Å². The number of rotatable bonds is 5. The summed E-state index contributed by atoms with van der Waals surface area (Å²) in [5.74, 6) is 1.40. The van der Waals surface area contributed by atoms with Gasteiger partial charge in [-0.05, 0) is 99.6 Å². The molecular formula is C40H36F6N2O2S. The van der Waals surface area contributed by atoms with Crippen molar-refractivity contribution in [2.75, 3.05) is 12.9 Å². The number of methoxy groups -OCH3 is 1. The summed E-state index contributed by atoms with van der Waals surface area (Å²) in [6, 6.07) is 5.09. The second-order valence-electron chi connectivity index (χ2n) is 13.3. The van der Waals surface area contributed by atoms with E-state index in [0.29, 0.717) is 29.7 Å². The van der Waals surface area contributed by atoms with Crippen molar-refractivity contribution in [1.82, 2.24) is 10.2 Å². The smallest absolute Gasteiger partial charge is 0.416 e. The van der Waals surface area contributed by atoms with E-state index in [1.54, 1.807) is 6.08 Å². The van der Waals surface area contributed by atoms with Crippen LogP contribution < -0.4 is 15.8 Å². The molecule has 2 aromatic carbocycles. The van der Waals surface area contributed by atoms with Gasteiger partial charge < -0.3 is 10.1 Å². The van der Waals surface area contributed by atoms with Gasteiger partial charge in [0, 0.05) is 29.6 Å². The van der Waals surface area contributed by atoms with Crippen LogP contribution in [0.25, 0.3) is 23.3 Å². The average molecular weight is 723 g/mol. The van der Waals surface area contributed by atoms with Crippen LogP contribution in [0.4, 0.5) is 31.1 Å². The largest absolute Gasteiger partial charge is 0.453 e. The molecule has 266 valence electrons. The SMILES string of the molecule is COC(=O)N(Cc1cc(C(F)(F)F)cc(C(F)(F)F)c1)C1C=CC2=C(C1)C(C)C=c1c2ccc2c1=CCC=C2C1SCCC1C1=CC=CC=CN1. The third kappa shape index (κ3) is 6.84. The molecule has 2 heterocycles. The van der Waals surface area contributed by atoms with Crippen molar-refractivity contribution < 1.29 is 35.9 Å². The van der Waals surface area contributed by atoms with Crippen LogP contribution in [-0.4, -0.2) is 35.1 Å². The molecule has 1 fully saturated rings. The lowest BCUT2D eigenvalue weighted by molar-refractivity contribution is -0.143. The standard InChI is InChI=1S/C40H36F6N2O2S/c1-23-17-35-28-7-6-8-32(37-33(14-16-51-37)36-9-4-3-5-15-47-36)29(28)12-13-31(35)30-11-10-27(21-34(23)30)48(38(49)50-2)22-24-18-25(39(41,42)43)20-26(19-24)40(44,45)46/h3-5,7-13,15,17-20,23,27,33,37,47H,6,14,16,21-22H2,1-2H3. The van der Waals surface area contributed by atoms with Crippen LogP contribution in [0.2, 0.25) is 0 Å². The van der Waals surface area contributed by atoms with E-state index in [0.717, 1.165) is 47.6 Å². The second kappa shape index (κ2) is 13.6. The molecule has 2 aromatic rings. The van der Waals surface area contributed by atoms with Gasteiger partial charge in [0.05, 0.1) is 24.3 Å². The summed E-state index contributed by atoms with van der Waals surface area (Å²) in [7, 11) is 1.14. The van der Waals surface area contributed by atoms with E-state index < -0.39 is 42.2 Å². The normalized spacial score (nSPS) is 23.8. The lowest BCUT2D eigenvalue weighted by Crippen LogP contribution is -2.42. The molecule has 7 rings (SSSR count). The minimum Gasteiger partial charge on any atom is -0.453 e. The number of allylic oxidation sites excluding steroid dienone is 8. The Bertz CT molecular complexity index is 2040. The van der Waals surface area contributed by atoms with Gasteiger partial charge >= 0.3 is 18.4 Å². The number of benzene rings is 2. The monoisotopic (exact) mass is 722 g/mol. The molecule has 5 aliphatic rings. The molecular weight excluding hydrogens is 687 g/mol. The van der Waals surface area contributed by atoms with Crippen LogP contribution in [0.3, 0.4) is 0 Å². The maximum absolute atomic E-state index is 13.6. The van der Waals surface area contributed by atoms with Crippen LogP contribution in [0.1, 0.15) is 54.0 Å². The summed E-state index contributed by atoms with van der Waals surface area (Å²) in [5.41, 5.74) is 3.76. The number of fused-ring (bicyclic) bond motifs is 4.